The summed E-state index contributed by atoms with van der Waals surface area (Å²) in [7, 11) is 0. The van der Waals surface area contributed by atoms with Gasteiger partial charge in [0.2, 0.25) is 0 Å². The van der Waals surface area contributed by atoms with Crippen molar-refractivity contribution in [1.82, 2.24) is 4.98 Å². The molecule has 4 nitrogen and oxygen atoms in total. The van der Waals surface area contributed by atoms with Crippen LogP contribution in [0.3, 0.4) is 0 Å². The number of H-pyrrole nitrogens is 1. The van der Waals surface area contributed by atoms with E-state index in [1.165, 1.54) is 0 Å². The summed E-state index contributed by atoms with van der Waals surface area (Å²) < 4.78 is 0.841. The van der Waals surface area contributed by atoms with Gasteiger partial charge < -0.3 is 15.0 Å². The van der Waals surface area contributed by atoms with Crippen LogP contribution in [0.4, 0.5) is 5.69 Å². The number of nitrogens with one attached hydrogen (secondary N) is 1. The van der Waals surface area contributed by atoms with Gasteiger partial charge in [-0.3, -0.25) is 4.79 Å². The summed E-state index contributed by atoms with van der Waals surface area (Å²) in [6.45, 7) is 4.51. The van der Waals surface area contributed by atoms with E-state index in [9.17, 15) is 9.90 Å². The van der Waals surface area contributed by atoms with Gasteiger partial charge in [-0.05, 0) is 37.6 Å². The van der Waals surface area contributed by atoms with Crippen LogP contribution in [0.25, 0.3) is 10.9 Å². The molecule has 0 bridgehead atoms. The Kier molecular flexibility index (Phi) is 3.74. The van der Waals surface area contributed by atoms with Gasteiger partial charge in [0.15, 0.2) is 5.60 Å². The number of aromatic amines is 1. The highest BCUT2D eigenvalue weighted by Gasteiger charge is 2.52. The van der Waals surface area contributed by atoms with E-state index in [-0.39, 0.29) is 5.91 Å². The lowest BCUT2D eigenvalue weighted by Gasteiger charge is -2.24. The molecule has 2 aromatic carbocycles. The molecule has 1 amide bonds. The number of aryl methyl sites for hydroxylation is 1. The van der Waals surface area contributed by atoms with Crippen LogP contribution in [0, 0.1) is 6.92 Å². The van der Waals surface area contributed by atoms with Gasteiger partial charge in [-0.2, -0.15) is 0 Å². The smallest absolute Gasteiger partial charge is 0.268 e. The van der Waals surface area contributed by atoms with E-state index in [4.69, 9.17) is 0 Å². The van der Waals surface area contributed by atoms with Crippen molar-refractivity contribution in [3.8, 4) is 0 Å². The fraction of sp³-hybridized carbons (Fsp3) is 0.250. The Hall–Kier alpha value is -2.11. The first-order valence-corrected chi connectivity index (χ1v) is 9.20. The van der Waals surface area contributed by atoms with Crippen molar-refractivity contribution in [3.05, 3.63) is 63.8 Å². The van der Waals surface area contributed by atoms with E-state index in [0.29, 0.717) is 17.7 Å². The van der Waals surface area contributed by atoms with Crippen molar-refractivity contribution in [2.24, 2.45) is 0 Å². The van der Waals surface area contributed by atoms with Gasteiger partial charge in [-0.25, -0.2) is 0 Å². The lowest BCUT2D eigenvalue weighted by Crippen LogP contribution is -2.41. The summed E-state index contributed by atoms with van der Waals surface area (Å²) in [5.41, 5.74) is 2.10. The number of carbonyl (C=O) groups excluding carboxylic acids is 1. The average Bonchev–Trinajstić information content (AvgIpc) is 3.03. The maximum atomic E-state index is 13.3. The number of aliphatic hydroxyl groups is 1. The molecule has 1 atom stereocenters. The van der Waals surface area contributed by atoms with E-state index in [2.05, 4.69) is 20.9 Å². The minimum Gasteiger partial charge on any atom is -0.372 e. The predicted molar refractivity (Wildman–Crippen MR) is 103 cm³/mol. The van der Waals surface area contributed by atoms with E-state index < -0.39 is 5.60 Å². The van der Waals surface area contributed by atoms with E-state index in [0.717, 1.165) is 33.2 Å². The first-order chi connectivity index (χ1) is 12.0. The number of fused-ring (bicyclic) bond motifs is 2. The summed E-state index contributed by atoms with van der Waals surface area (Å²) in [5.74, 6) is -0.282. The van der Waals surface area contributed by atoms with Gasteiger partial charge in [-0.15, -0.1) is 0 Å². The molecule has 0 spiro atoms. The van der Waals surface area contributed by atoms with Crippen LogP contribution in [-0.2, 0) is 10.4 Å². The van der Waals surface area contributed by atoms with E-state index >= 15 is 0 Å². The third kappa shape index (κ3) is 2.19. The van der Waals surface area contributed by atoms with Gasteiger partial charge in [0.05, 0.1) is 5.69 Å². The number of amides is 1. The second-order valence-electron chi connectivity index (χ2n) is 6.50. The lowest BCUT2D eigenvalue weighted by molar-refractivity contribution is -0.132. The number of hydrogen-bond donors (Lipinski definition) is 2. The summed E-state index contributed by atoms with van der Waals surface area (Å²) >= 11 is 3.48. The lowest BCUT2D eigenvalue weighted by atomic mass is 9.85. The van der Waals surface area contributed by atoms with Gasteiger partial charge >= 0.3 is 0 Å². The molecule has 4 rings (SSSR count). The highest BCUT2D eigenvalue weighted by atomic mass is 79.9. The molecule has 0 fully saturated rings. The molecule has 2 N–H and O–H groups in total. The molecule has 25 heavy (non-hydrogen) atoms. The number of halogens is 1. The maximum absolute atomic E-state index is 13.3. The zero-order chi connectivity index (χ0) is 17.8. The van der Waals surface area contributed by atoms with Crippen molar-refractivity contribution >= 4 is 38.4 Å². The minimum absolute atomic E-state index is 0.282. The predicted octanol–water partition coefficient (Wildman–Crippen LogP) is 4.23. The van der Waals surface area contributed by atoms with Crippen LogP contribution in [0.15, 0.2) is 46.9 Å². The van der Waals surface area contributed by atoms with Gasteiger partial charge in [0, 0.05) is 38.7 Å². The first kappa shape index (κ1) is 16.4. The van der Waals surface area contributed by atoms with Crippen LogP contribution < -0.4 is 4.90 Å². The fourth-order valence-electron chi connectivity index (χ4n) is 3.88. The Labute approximate surface area is 154 Å². The number of benzene rings is 2. The van der Waals surface area contributed by atoms with Crippen LogP contribution >= 0.6 is 15.9 Å². The summed E-state index contributed by atoms with van der Waals surface area (Å²) in [6.07, 6.45) is 0.824. The molecular formula is C20H19BrN2O2. The molecule has 3 aromatic rings. The van der Waals surface area contributed by atoms with Crippen molar-refractivity contribution < 1.29 is 9.90 Å². The maximum Gasteiger partial charge on any atom is 0.268 e. The standard InChI is InChI=1S/C20H19BrN2O2/c1-3-10-23-17-9-8-13(21)11-15(17)20(25,19(23)24)18-12(2)22-16-7-5-4-6-14(16)18/h4-9,11,22,25H,3,10H2,1-2H3/t20-/m1/s1. The zero-order valence-corrected chi connectivity index (χ0v) is 15.7. The van der Waals surface area contributed by atoms with Crippen molar-refractivity contribution in [1.29, 1.82) is 0 Å². The molecule has 1 aromatic heterocycles. The first-order valence-electron chi connectivity index (χ1n) is 8.40. The average molecular weight is 399 g/mol. The Balaban J connectivity index is 2.04. The van der Waals surface area contributed by atoms with Crippen LogP contribution in [0.2, 0.25) is 0 Å². The van der Waals surface area contributed by atoms with Crippen LogP contribution in [0.1, 0.15) is 30.2 Å². The normalized spacial score (nSPS) is 19.7. The van der Waals surface area contributed by atoms with Gasteiger partial charge in [-0.1, -0.05) is 41.1 Å². The third-order valence-electron chi connectivity index (χ3n) is 4.90. The number of rotatable bonds is 3. The SMILES string of the molecule is CCCN1C(=O)[C@](O)(c2c(C)[nH]c3ccccc23)c2cc(Br)ccc21. The Morgan fingerprint density at radius 1 is 1.24 bits per heavy atom. The van der Waals surface area contributed by atoms with Crippen LogP contribution in [0.5, 0.6) is 0 Å². The van der Waals surface area contributed by atoms with Gasteiger partial charge in [0.1, 0.15) is 0 Å². The number of carbonyl (C=O) groups is 1. The van der Waals surface area contributed by atoms with Crippen LogP contribution in [-0.4, -0.2) is 22.5 Å². The summed E-state index contributed by atoms with van der Waals surface area (Å²) in [5, 5.41) is 12.6. The molecule has 128 valence electrons. The molecule has 1 aliphatic rings. The van der Waals surface area contributed by atoms with E-state index in [1.807, 2.05) is 56.3 Å². The second kappa shape index (κ2) is 5.71. The largest absolute Gasteiger partial charge is 0.372 e. The number of hydrogen-bond acceptors (Lipinski definition) is 2. The number of para-hydroxylation sites is 1. The van der Waals surface area contributed by atoms with E-state index in [1.54, 1.807) is 4.90 Å². The fourth-order valence-corrected chi connectivity index (χ4v) is 4.24. The molecule has 2 heterocycles. The monoisotopic (exact) mass is 398 g/mol. The molecule has 0 saturated carbocycles. The summed E-state index contributed by atoms with van der Waals surface area (Å²) in [6, 6.07) is 13.4. The molecule has 5 heteroatoms. The molecule has 0 radical (unpaired) electrons. The number of anilines is 1. The molecule has 0 aliphatic carbocycles. The molecule has 1 aliphatic heterocycles. The Morgan fingerprint density at radius 3 is 2.76 bits per heavy atom. The highest BCUT2D eigenvalue weighted by molar-refractivity contribution is 9.10. The molecule has 0 unspecified atom stereocenters. The quantitative estimate of drug-likeness (QED) is 0.693. The molecule has 0 saturated heterocycles. The molecular weight excluding hydrogens is 380 g/mol. The number of nitrogens with zero attached hydrogens (tertiary/aromatic N) is 1. The second-order valence-corrected chi connectivity index (χ2v) is 7.41. The van der Waals surface area contributed by atoms with Gasteiger partial charge in [0.25, 0.3) is 5.91 Å². The minimum atomic E-state index is -1.68. The Morgan fingerprint density at radius 2 is 2.00 bits per heavy atom. The third-order valence-corrected chi connectivity index (χ3v) is 5.39. The zero-order valence-electron chi connectivity index (χ0n) is 14.1. The summed E-state index contributed by atoms with van der Waals surface area (Å²) in [4.78, 5) is 18.3. The Bertz CT molecular complexity index is 995. The van der Waals surface area contributed by atoms with Crippen molar-refractivity contribution in [2.45, 2.75) is 25.9 Å². The number of aromatic nitrogens is 1. The van der Waals surface area contributed by atoms with Crippen molar-refractivity contribution in [2.75, 3.05) is 11.4 Å². The topological polar surface area (TPSA) is 56.3 Å². The van der Waals surface area contributed by atoms with Crippen molar-refractivity contribution in [3.63, 3.8) is 0 Å². The highest BCUT2D eigenvalue weighted by Crippen LogP contribution is 2.48.